The Labute approximate surface area is 92.4 Å². The number of hydrogen-bond donors (Lipinski definition) is 1. The van der Waals surface area contributed by atoms with E-state index in [4.69, 9.17) is 0 Å². The maximum Gasteiger partial charge on any atom is 0.325 e. The molecule has 1 N–H and O–H groups in total. The monoisotopic (exact) mass is 220 g/mol. The summed E-state index contributed by atoms with van der Waals surface area (Å²) in [5, 5.41) is 2.02. The molecular weight excluding hydrogens is 210 g/mol. The van der Waals surface area contributed by atoms with Crippen LogP contribution in [0.5, 0.6) is 0 Å². The minimum absolute atomic E-state index is 0.286. The van der Waals surface area contributed by atoms with E-state index in [9.17, 15) is 14.4 Å². The summed E-state index contributed by atoms with van der Waals surface area (Å²) in [5.41, 5.74) is 0.477. The summed E-state index contributed by atoms with van der Waals surface area (Å²) in [6, 6.07) is 8.49. The van der Waals surface area contributed by atoms with Crippen LogP contribution in [0, 0.1) is 0 Å². The Morgan fingerprint density at radius 3 is 2.56 bits per heavy atom. The number of ether oxygens (including phenoxy) is 1. The summed E-state index contributed by atoms with van der Waals surface area (Å²) in [4.78, 5) is 32.1. The van der Waals surface area contributed by atoms with Crippen molar-refractivity contribution < 1.29 is 19.1 Å². The Hall–Kier alpha value is -2.17. The second-order valence-corrected chi connectivity index (χ2v) is 2.91. The number of hydrogen-bond acceptors (Lipinski definition) is 4. The molecule has 83 valence electrons. The van der Waals surface area contributed by atoms with Gasteiger partial charge in [-0.1, -0.05) is 30.3 Å². The van der Waals surface area contributed by atoms with Crippen LogP contribution in [0.1, 0.15) is 10.4 Å². The smallest absolute Gasteiger partial charge is 0.325 e. The highest BCUT2D eigenvalue weighted by Gasteiger charge is 2.08. The lowest BCUT2D eigenvalue weighted by molar-refractivity contribution is -0.141. The Bertz CT molecular complexity index is 375. The lowest BCUT2D eigenvalue weighted by atomic mass is 10.1. The molecule has 16 heavy (non-hydrogen) atoms. The van der Waals surface area contributed by atoms with Crippen molar-refractivity contribution in [2.24, 2.45) is 0 Å². The molecule has 0 atom stereocenters. The highest BCUT2D eigenvalue weighted by molar-refractivity contribution is 5.97. The molecule has 0 saturated heterocycles. The zero-order chi connectivity index (χ0) is 11.8. The van der Waals surface area contributed by atoms with Crippen LogP contribution in [0.25, 0.3) is 0 Å². The normalized spacial score (nSPS) is 9.25. The van der Waals surface area contributed by atoms with Gasteiger partial charge in [0.15, 0.2) is 12.4 Å². The number of esters is 1. The molecule has 0 unspecified atom stereocenters. The van der Waals surface area contributed by atoms with Crippen molar-refractivity contribution in [2.45, 2.75) is 0 Å². The maximum atomic E-state index is 11.4. The predicted molar refractivity (Wildman–Crippen MR) is 55.4 cm³/mol. The van der Waals surface area contributed by atoms with E-state index >= 15 is 0 Å². The molecule has 0 spiro atoms. The summed E-state index contributed by atoms with van der Waals surface area (Å²) < 4.78 is 4.63. The maximum absolute atomic E-state index is 11.4. The van der Waals surface area contributed by atoms with Gasteiger partial charge in [0.05, 0.1) is 0 Å². The molecule has 1 aromatic rings. The van der Waals surface area contributed by atoms with Gasteiger partial charge in [-0.15, -0.1) is 0 Å². The zero-order valence-electron chi connectivity index (χ0n) is 8.43. The van der Waals surface area contributed by atoms with Crippen LogP contribution >= 0.6 is 0 Å². The van der Waals surface area contributed by atoms with E-state index < -0.39 is 5.97 Å². The molecule has 0 aliphatic heterocycles. The number of amides is 1. The Kier molecular flexibility index (Phi) is 4.72. The van der Waals surface area contributed by atoms with Gasteiger partial charge in [0, 0.05) is 5.56 Å². The van der Waals surface area contributed by atoms with E-state index in [0.717, 1.165) is 0 Å². The lowest BCUT2D eigenvalue weighted by Crippen LogP contribution is -2.25. The van der Waals surface area contributed by atoms with E-state index in [-0.39, 0.29) is 18.9 Å². The van der Waals surface area contributed by atoms with Crippen LogP contribution < -0.4 is 5.32 Å². The Morgan fingerprint density at radius 2 is 1.94 bits per heavy atom. The molecule has 0 bridgehead atoms. The van der Waals surface area contributed by atoms with Gasteiger partial charge < -0.3 is 10.1 Å². The number of carbonyl (C=O) groups excluding carboxylic acids is 3. The molecule has 1 amide bonds. The molecule has 0 heterocycles. The summed E-state index contributed by atoms with van der Waals surface area (Å²) in [6.45, 7) is -0.616. The van der Waals surface area contributed by atoms with Gasteiger partial charge in [0.25, 0.3) is 0 Å². The van der Waals surface area contributed by atoms with Gasteiger partial charge in [-0.05, 0) is 0 Å². The number of Topliss-reactive ketones (excluding diaryl/α,β-unsaturated/α-hetero) is 1. The van der Waals surface area contributed by atoms with Crippen molar-refractivity contribution >= 4 is 18.2 Å². The van der Waals surface area contributed by atoms with Crippen molar-refractivity contribution in [1.82, 2.24) is 5.32 Å². The van der Waals surface area contributed by atoms with Crippen LogP contribution in [-0.4, -0.2) is 31.3 Å². The first-order valence-corrected chi connectivity index (χ1v) is 4.58. The van der Waals surface area contributed by atoms with Gasteiger partial charge in [-0.3, -0.25) is 14.4 Å². The SMILES string of the molecule is O=[C]NCC(=O)OCC(=O)c1ccccc1. The molecule has 1 aromatic carbocycles. The van der Waals surface area contributed by atoms with Gasteiger partial charge in [-0.2, -0.15) is 0 Å². The van der Waals surface area contributed by atoms with Crippen LogP contribution in [0.2, 0.25) is 0 Å². The molecule has 0 fully saturated rings. The third-order valence-electron chi connectivity index (χ3n) is 1.76. The number of benzene rings is 1. The molecule has 0 aliphatic carbocycles. The van der Waals surface area contributed by atoms with Gasteiger partial charge in [-0.25, -0.2) is 0 Å². The summed E-state index contributed by atoms with van der Waals surface area (Å²) >= 11 is 0. The fourth-order valence-electron chi connectivity index (χ4n) is 1.01. The van der Waals surface area contributed by atoms with Crippen molar-refractivity contribution in [3.8, 4) is 0 Å². The number of carbonyl (C=O) groups is 2. The average molecular weight is 220 g/mol. The first-order chi connectivity index (χ1) is 7.74. The summed E-state index contributed by atoms with van der Waals surface area (Å²) in [6.07, 6.45) is 1.33. The largest absolute Gasteiger partial charge is 0.456 e. The quantitative estimate of drug-likeness (QED) is 0.418. The molecule has 1 rings (SSSR count). The minimum atomic E-state index is -0.673. The number of nitrogens with one attached hydrogen (secondary N) is 1. The Balaban J connectivity index is 2.36. The summed E-state index contributed by atoms with van der Waals surface area (Å²) in [5.74, 6) is -0.961. The topological polar surface area (TPSA) is 72.5 Å². The third kappa shape index (κ3) is 3.91. The van der Waals surface area contributed by atoms with Gasteiger partial charge >= 0.3 is 12.4 Å². The minimum Gasteiger partial charge on any atom is -0.456 e. The van der Waals surface area contributed by atoms with Crippen molar-refractivity contribution in [3.63, 3.8) is 0 Å². The van der Waals surface area contributed by atoms with Crippen LogP contribution in [0.4, 0.5) is 0 Å². The third-order valence-corrected chi connectivity index (χ3v) is 1.76. The van der Waals surface area contributed by atoms with E-state index in [2.05, 4.69) is 4.74 Å². The van der Waals surface area contributed by atoms with Gasteiger partial charge in [0.2, 0.25) is 0 Å². The highest BCUT2D eigenvalue weighted by Crippen LogP contribution is 1.99. The summed E-state index contributed by atoms with van der Waals surface area (Å²) in [7, 11) is 0. The second kappa shape index (κ2) is 6.34. The highest BCUT2D eigenvalue weighted by atomic mass is 16.5. The predicted octanol–water partition coefficient (Wildman–Crippen LogP) is 0.0693. The van der Waals surface area contributed by atoms with Crippen molar-refractivity contribution in [1.29, 1.82) is 0 Å². The Morgan fingerprint density at radius 1 is 1.25 bits per heavy atom. The van der Waals surface area contributed by atoms with E-state index in [1.807, 2.05) is 5.32 Å². The fourth-order valence-corrected chi connectivity index (χ4v) is 1.01. The molecule has 0 saturated carbocycles. The molecular formula is C11H10NO4. The van der Waals surface area contributed by atoms with Crippen LogP contribution in [0.15, 0.2) is 30.3 Å². The zero-order valence-corrected chi connectivity index (χ0v) is 8.43. The van der Waals surface area contributed by atoms with Crippen LogP contribution in [-0.2, 0) is 14.3 Å². The second-order valence-electron chi connectivity index (χ2n) is 2.91. The van der Waals surface area contributed by atoms with E-state index in [1.165, 1.54) is 6.41 Å². The first-order valence-electron chi connectivity index (χ1n) is 4.58. The van der Waals surface area contributed by atoms with E-state index in [0.29, 0.717) is 5.56 Å². The number of rotatable bonds is 6. The molecule has 5 heteroatoms. The molecule has 5 nitrogen and oxygen atoms in total. The lowest BCUT2D eigenvalue weighted by Gasteiger charge is -2.03. The van der Waals surface area contributed by atoms with Crippen molar-refractivity contribution in [3.05, 3.63) is 35.9 Å². The van der Waals surface area contributed by atoms with E-state index in [1.54, 1.807) is 30.3 Å². The molecule has 0 aromatic heterocycles. The van der Waals surface area contributed by atoms with Gasteiger partial charge in [0.1, 0.15) is 6.54 Å². The molecule has 0 aliphatic rings. The fraction of sp³-hybridized carbons (Fsp3) is 0.182. The van der Waals surface area contributed by atoms with Crippen LogP contribution in [0.3, 0.4) is 0 Å². The van der Waals surface area contributed by atoms with Crippen molar-refractivity contribution in [2.75, 3.05) is 13.2 Å². The number of ketones is 1. The molecule has 1 radical (unpaired) electrons. The average Bonchev–Trinajstić information content (AvgIpc) is 2.34. The first kappa shape index (κ1) is 11.9. The standard InChI is InChI=1S/C11H10NO4/c13-8-12-6-11(15)16-7-10(14)9-4-2-1-3-5-9/h1-5H,6-7H2,(H,12,13).